The van der Waals surface area contributed by atoms with Crippen LogP contribution in [0.1, 0.15) is 162 Å². The molecule has 92 heavy (non-hydrogen) atoms. The van der Waals surface area contributed by atoms with E-state index in [1.54, 1.807) is 13.8 Å². The molecule has 1 aromatic rings. The molecule has 4 fully saturated rings. The molecule has 0 unspecified atom stereocenters. The highest BCUT2D eigenvalue weighted by Crippen LogP contribution is 2.35. The molecule has 2 aliphatic carbocycles. The van der Waals surface area contributed by atoms with Gasteiger partial charge in [-0.1, -0.05) is 99.0 Å². The number of amides is 11. The van der Waals surface area contributed by atoms with E-state index in [2.05, 4.69) is 21.3 Å². The first-order valence-corrected chi connectivity index (χ1v) is 32.6. The SMILES string of the molecule is CC[C@H](C)[C@@H]1NC(=O)[C@H](CC(C)C)N(C)C(=O)C[C@@H](C)NC(=O)[C@H](CC(C)C)N(C)C(=O)C2(CCCC2)NC(=O)[C@@H]2C[C@@H](O)CN2C(=O)[C@H](CCc2ccc(C(F)(F)F)c(F)c2)NC(=O)CN(C)C(=O)[C@H](CC2CCCCC2)N(C)C(=O)CN(C)C(=O)CN(C)C1=O. The molecule has 0 radical (unpaired) electrons. The zero-order chi connectivity index (χ0) is 68.9. The number of rotatable bonds is 11. The molecular formula is C65H101F4N11O12. The first-order chi connectivity index (χ1) is 43.0. The second kappa shape index (κ2) is 33.3. The number of carbonyl (C=O) groups excluding carboxylic acids is 11. The van der Waals surface area contributed by atoms with Crippen molar-refractivity contribution in [2.45, 2.75) is 218 Å². The summed E-state index contributed by atoms with van der Waals surface area (Å²) >= 11 is 0. The van der Waals surface area contributed by atoms with Crippen LogP contribution in [0.5, 0.6) is 0 Å². The lowest BCUT2D eigenvalue weighted by Crippen LogP contribution is -2.64. The van der Waals surface area contributed by atoms with Crippen LogP contribution in [0.3, 0.4) is 0 Å². The Morgan fingerprint density at radius 2 is 1.22 bits per heavy atom. The molecule has 5 N–H and O–H groups in total. The minimum Gasteiger partial charge on any atom is -0.391 e. The van der Waals surface area contributed by atoms with E-state index >= 15 is 9.59 Å². The number of halogens is 4. The quantitative estimate of drug-likeness (QED) is 0.197. The fraction of sp³-hybridized carbons (Fsp3) is 0.738. The van der Waals surface area contributed by atoms with Crippen molar-refractivity contribution in [2.24, 2.45) is 23.7 Å². The molecule has 1 aromatic carbocycles. The number of fused-ring (bicyclic) bond motifs is 1. The average Bonchev–Trinajstić information content (AvgIpc) is 1.59. The topological polar surface area (TPSA) is 279 Å². The first kappa shape index (κ1) is 75.8. The van der Waals surface area contributed by atoms with Crippen LogP contribution in [0.4, 0.5) is 17.6 Å². The molecule has 4 aliphatic rings. The van der Waals surface area contributed by atoms with Gasteiger partial charge in [-0.05, 0) is 93.2 Å². The van der Waals surface area contributed by atoms with E-state index in [1.165, 1.54) is 57.0 Å². The number of hydrogen-bond donors (Lipinski definition) is 5. The van der Waals surface area contributed by atoms with Crippen molar-refractivity contribution in [3.05, 3.63) is 35.1 Å². The molecule has 2 saturated carbocycles. The molecule has 2 heterocycles. The number of aliphatic hydroxyl groups is 1. The fourth-order valence-electron chi connectivity index (χ4n) is 13.0. The summed E-state index contributed by atoms with van der Waals surface area (Å²) in [5.41, 5.74) is -3.11. The van der Waals surface area contributed by atoms with Gasteiger partial charge in [0.1, 0.15) is 47.6 Å². The van der Waals surface area contributed by atoms with Crippen LogP contribution in [0.25, 0.3) is 0 Å². The van der Waals surface area contributed by atoms with Gasteiger partial charge in [-0.3, -0.25) is 52.7 Å². The molecule has 11 amide bonds. The summed E-state index contributed by atoms with van der Waals surface area (Å²) < 4.78 is 55.8. The van der Waals surface area contributed by atoms with Gasteiger partial charge in [0.2, 0.25) is 65.0 Å². The van der Waals surface area contributed by atoms with E-state index < -0.39 is 169 Å². The highest BCUT2D eigenvalue weighted by atomic mass is 19.4. The van der Waals surface area contributed by atoms with Crippen molar-refractivity contribution in [1.29, 1.82) is 0 Å². The van der Waals surface area contributed by atoms with E-state index in [0.717, 1.165) is 57.8 Å². The number of aliphatic hydroxyl groups excluding tert-OH is 1. The maximum absolute atomic E-state index is 15.1. The first-order valence-electron chi connectivity index (χ1n) is 32.6. The highest BCUT2D eigenvalue weighted by molar-refractivity contribution is 5.99. The lowest BCUT2D eigenvalue weighted by atomic mass is 9.84. The monoisotopic (exact) mass is 1300 g/mol. The van der Waals surface area contributed by atoms with Gasteiger partial charge in [0.15, 0.2) is 0 Å². The van der Waals surface area contributed by atoms with Gasteiger partial charge in [0, 0.05) is 67.7 Å². The summed E-state index contributed by atoms with van der Waals surface area (Å²) in [4.78, 5) is 168. The van der Waals surface area contributed by atoms with Gasteiger partial charge in [-0.25, -0.2) is 4.39 Å². The third-order valence-corrected chi connectivity index (χ3v) is 18.8. The molecule has 27 heteroatoms. The van der Waals surface area contributed by atoms with Crippen LogP contribution >= 0.6 is 0 Å². The van der Waals surface area contributed by atoms with E-state index in [9.17, 15) is 65.8 Å². The molecule has 9 atom stereocenters. The molecule has 23 nitrogen and oxygen atoms in total. The Morgan fingerprint density at radius 1 is 0.652 bits per heavy atom. The maximum atomic E-state index is 15.1. The van der Waals surface area contributed by atoms with Crippen molar-refractivity contribution in [1.82, 2.24) is 55.6 Å². The Morgan fingerprint density at radius 3 is 1.79 bits per heavy atom. The number of carbonyl (C=O) groups is 11. The summed E-state index contributed by atoms with van der Waals surface area (Å²) in [6.45, 7) is 10.4. The summed E-state index contributed by atoms with van der Waals surface area (Å²) in [7, 11) is 8.36. The number of likely N-dealkylation sites (N-methyl/N-ethyl adjacent to an activating group) is 6. The third-order valence-electron chi connectivity index (χ3n) is 18.8. The third kappa shape index (κ3) is 20.0. The molecule has 2 aliphatic heterocycles. The number of benzene rings is 1. The normalized spacial score (nSPS) is 26.8. The zero-order valence-corrected chi connectivity index (χ0v) is 56.1. The number of nitrogens with zero attached hydrogens (tertiary/aromatic N) is 7. The van der Waals surface area contributed by atoms with Crippen LogP contribution in [-0.4, -0.2) is 227 Å². The maximum Gasteiger partial charge on any atom is 0.419 e. The van der Waals surface area contributed by atoms with Crippen LogP contribution in [0, 0.1) is 29.5 Å². The minimum atomic E-state index is -5.01. The van der Waals surface area contributed by atoms with Gasteiger partial charge >= 0.3 is 6.18 Å². The lowest BCUT2D eigenvalue weighted by Gasteiger charge is -2.38. The fourth-order valence-corrected chi connectivity index (χ4v) is 13.0. The Bertz CT molecular complexity index is 2810. The van der Waals surface area contributed by atoms with Crippen molar-refractivity contribution in [3.63, 3.8) is 0 Å². The largest absolute Gasteiger partial charge is 0.419 e. The van der Waals surface area contributed by atoms with Gasteiger partial charge in [0.05, 0.1) is 31.3 Å². The van der Waals surface area contributed by atoms with E-state index in [0.29, 0.717) is 31.4 Å². The zero-order valence-electron chi connectivity index (χ0n) is 56.1. The molecule has 5 rings (SSSR count). The average molecular weight is 1300 g/mol. The Kier molecular flexibility index (Phi) is 27.4. The van der Waals surface area contributed by atoms with E-state index in [1.807, 2.05) is 34.6 Å². The van der Waals surface area contributed by atoms with Crippen molar-refractivity contribution >= 4 is 65.0 Å². The second-order valence-corrected chi connectivity index (χ2v) is 27.2. The number of aryl methyl sites for hydroxylation is 1. The summed E-state index contributed by atoms with van der Waals surface area (Å²) in [6.07, 6.45) is -1.18. The number of alkyl halides is 3. The second-order valence-electron chi connectivity index (χ2n) is 27.2. The Balaban J connectivity index is 1.57. The summed E-state index contributed by atoms with van der Waals surface area (Å²) in [6, 6.07) is -6.20. The Labute approximate surface area is 539 Å². The Hall–Kier alpha value is -6.93. The van der Waals surface area contributed by atoms with Crippen LogP contribution in [0.2, 0.25) is 0 Å². The standard InChI is InChI=1S/C65H101F4N11O12/c1-14-40(6)56-62(91)76(10)36-54(84)74(8)37-55(85)78(12)51(32-42-20-16-15-17-21-42)61(90)75(9)35-52(82)71-47(25-23-43-22-24-45(46(66)31-43)65(67,68)69)60(89)80-34-44(81)33-50(80)59(88)73-64(26-18-19-27-64)63(92)79(13)49(29-39(4)5)57(86)70-41(7)30-53(83)77(11)48(28-38(2)3)58(87)72-56/h22,24,31,38-42,44,47-51,56,81H,14-21,23,25-30,32-37H2,1-13H3,(H,70,86)(H,71,82)(H,72,87)(H,73,88)/t40-,41+,44+,47-,48-,49-,50-,51-,56-/m0/s1. The predicted octanol–water partition coefficient (Wildman–Crippen LogP) is 4.01. The summed E-state index contributed by atoms with van der Waals surface area (Å²) in [5.74, 6) is -9.95. The van der Waals surface area contributed by atoms with Crippen molar-refractivity contribution < 1.29 is 75.4 Å². The van der Waals surface area contributed by atoms with Gasteiger partial charge in [0.25, 0.3) is 0 Å². The van der Waals surface area contributed by atoms with Crippen molar-refractivity contribution in [2.75, 3.05) is 68.5 Å². The van der Waals surface area contributed by atoms with E-state index in [-0.39, 0.29) is 81.1 Å². The molecule has 516 valence electrons. The van der Waals surface area contributed by atoms with Crippen LogP contribution < -0.4 is 21.3 Å². The van der Waals surface area contributed by atoms with Gasteiger partial charge in [-0.2, -0.15) is 13.2 Å². The minimum absolute atomic E-state index is 0.00640. The van der Waals surface area contributed by atoms with Crippen LogP contribution in [-0.2, 0) is 65.3 Å². The van der Waals surface area contributed by atoms with Crippen LogP contribution in [0.15, 0.2) is 18.2 Å². The number of hydrogen-bond acceptors (Lipinski definition) is 12. The number of nitrogens with one attached hydrogen (secondary N) is 4. The van der Waals surface area contributed by atoms with Gasteiger partial charge in [-0.15, -0.1) is 0 Å². The molecule has 0 bridgehead atoms. The van der Waals surface area contributed by atoms with Crippen molar-refractivity contribution in [3.8, 4) is 0 Å². The molecular weight excluding hydrogens is 1200 g/mol. The molecule has 1 spiro atoms. The predicted molar refractivity (Wildman–Crippen MR) is 333 cm³/mol. The molecule has 0 aromatic heterocycles. The molecule has 2 saturated heterocycles. The summed E-state index contributed by atoms with van der Waals surface area (Å²) in [5, 5.41) is 22.5. The van der Waals surface area contributed by atoms with E-state index in [4.69, 9.17) is 0 Å². The lowest BCUT2D eigenvalue weighted by molar-refractivity contribution is -0.149. The van der Waals surface area contributed by atoms with Gasteiger partial charge < -0.3 is 60.7 Å². The highest BCUT2D eigenvalue weighted by Gasteiger charge is 2.50. The smallest absolute Gasteiger partial charge is 0.391 e.